The Morgan fingerprint density at radius 2 is 2.16 bits per heavy atom. The van der Waals surface area contributed by atoms with Gasteiger partial charge in [-0.3, -0.25) is 0 Å². The summed E-state index contributed by atoms with van der Waals surface area (Å²) in [5, 5.41) is 5.89. The molecule has 2 atom stereocenters. The molecule has 19 heavy (non-hydrogen) atoms. The minimum absolute atomic E-state index is 0.576. The van der Waals surface area contributed by atoms with E-state index in [-0.39, 0.29) is 0 Å². The number of hydrogen-bond acceptors (Lipinski definition) is 2. The highest BCUT2D eigenvalue weighted by Crippen LogP contribution is 2.36. The highest BCUT2D eigenvalue weighted by atomic mass is 32.1. The number of likely N-dealkylation sites (N-methyl/N-ethyl adjacent to an activating group) is 1. The lowest BCUT2D eigenvalue weighted by molar-refractivity contribution is 0.437. The van der Waals surface area contributed by atoms with Crippen molar-refractivity contribution in [3.05, 3.63) is 57.8 Å². The third-order valence-electron chi connectivity index (χ3n) is 4.13. The standard InChI is InChI=1S/C17H21NS/c1-2-18-17(12-14-7-5-11-19-14)16-10-9-13-6-3-4-8-15(13)16/h3-8,11,16-18H,2,9-10,12H2,1H3. The fraction of sp³-hybridized carbons (Fsp3) is 0.412. The Labute approximate surface area is 119 Å². The molecule has 1 aliphatic rings. The molecule has 1 aromatic carbocycles. The normalized spacial score (nSPS) is 19.3. The number of rotatable bonds is 5. The van der Waals surface area contributed by atoms with E-state index >= 15 is 0 Å². The van der Waals surface area contributed by atoms with Crippen molar-refractivity contribution in [3.63, 3.8) is 0 Å². The van der Waals surface area contributed by atoms with Gasteiger partial charge in [0, 0.05) is 16.8 Å². The lowest BCUT2D eigenvalue weighted by atomic mass is 9.90. The summed E-state index contributed by atoms with van der Waals surface area (Å²) < 4.78 is 0. The van der Waals surface area contributed by atoms with Gasteiger partial charge in [-0.1, -0.05) is 37.3 Å². The summed E-state index contributed by atoms with van der Waals surface area (Å²) in [6.45, 7) is 3.26. The van der Waals surface area contributed by atoms with E-state index in [1.54, 1.807) is 11.1 Å². The van der Waals surface area contributed by atoms with Crippen molar-refractivity contribution in [3.8, 4) is 0 Å². The van der Waals surface area contributed by atoms with E-state index in [9.17, 15) is 0 Å². The van der Waals surface area contributed by atoms with Crippen LogP contribution in [0.2, 0.25) is 0 Å². The molecule has 1 aromatic heterocycles. The van der Waals surface area contributed by atoms with Gasteiger partial charge in [0.2, 0.25) is 0 Å². The van der Waals surface area contributed by atoms with Crippen molar-refractivity contribution in [1.82, 2.24) is 5.32 Å². The third-order valence-corrected chi connectivity index (χ3v) is 5.03. The molecule has 2 aromatic rings. The van der Waals surface area contributed by atoms with Crippen molar-refractivity contribution in [2.75, 3.05) is 6.54 Å². The SMILES string of the molecule is CCNC(Cc1cccs1)C1CCc2ccccc21. The Kier molecular flexibility index (Phi) is 4.00. The van der Waals surface area contributed by atoms with Gasteiger partial charge >= 0.3 is 0 Å². The number of hydrogen-bond donors (Lipinski definition) is 1. The van der Waals surface area contributed by atoms with E-state index in [4.69, 9.17) is 0 Å². The molecule has 0 spiro atoms. The van der Waals surface area contributed by atoms with E-state index in [0.717, 1.165) is 13.0 Å². The topological polar surface area (TPSA) is 12.0 Å². The van der Waals surface area contributed by atoms with Crippen LogP contribution < -0.4 is 5.32 Å². The summed E-state index contributed by atoms with van der Waals surface area (Å²) in [6, 6.07) is 14.0. The van der Waals surface area contributed by atoms with Crippen LogP contribution in [0.25, 0.3) is 0 Å². The zero-order valence-electron chi connectivity index (χ0n) is 11.4. The van der Waals surface area contributed by atoms with Crippen LogP contribution in [0.3, 0.4) is 0 Å². The lowest BCUT2D eigenvalue weighted by Crippen LogP contribution is -2.35. The second-order valence-corrected chi connectivity index (χ2v) is 6.32. The maximum atomic E-state index is 3.71. The summed E-state index contributed by atoms with van der Waals surface area (Å²) in [6.07, 6.45) is 3.69. The van der Waals surface area contributed by atoms with Gasteiger partial charge < -0.3 is 5.32 Å². The van der Waals surface area contributed by atoms with Gasteiger partial charge in [-0.25, -0.2) is 0 Å². The summed E-state index contributed by atoms with van der Waals surface area (Å²) in [5.41, 5.74) is 3.13. The molecule has 3 rings (SSSR count). The molecule has 0 amide bonds. The van der Waals surface area contributed by atoms with E-state index in [0.29, 0.717) is 12.0 Å². The molecule has 100 valence electrons. The average molecular weight is 271 g/mol. The van der Waals surface area contributed by atoms with Gasteiger partial charge in [-0.05, 0) is 48.4 Å². The number of benzene rings is 1. The third kappa shape index (κ3) is 2.75. The smallest absolute Gasteiger partial charge is 0.0184 e. The zero-order valence-corrected chi connectivity index (χ0v) is 12.2. The zero-order chi connectivity index (χ0) is 13.1. The molecule has 0 fully saturated rings. The van der Waals surface area contributed by atoms with Gasteiger partial charge in [0.25, 0.3) is 0 Å². The van der Waals surface area contributed by atoms with Crippen molar-refractivity contribution in [2.24, 2.45) is 0 Å². The molecule has 2 unspecified atom stereocenters. The molecule has 2 heteroatoms. The average Bonchev–Trinajstić information content (AvgIpc) is 3.07. The fourth-order valence-electron chi connectivity index (χ4n) is 3.27. The van der Waals surface area contributed by atoms with Crippen LogP contribution in [0.15, 0.2) is 41.8 Å². The Morgan fingerprint density at radius 3 is 2.95 bits per heavy atom. The molecule has 0 saturated heterocycles. The largest absolute Gasteiger partial charge is 0.313 e. The van der Waals surface area contributed by atoms with Crippen LogP contribution >= 0.6 is 11.3 Å². The van der Waals surface area contributed by atoms with Crippen molar-refractivity contribution in [1.29, 1.82) is 0 Å². The Hall–Kier alpha value is -1.12. The van der Waals surface area contributed by atoms with Crippen LogP contribution in [0.1, 0.15) is 35.3 Å². The maximum absolute atomic E-state index is 3.71. The minimum atomic E-state index is 0.576. The van der Waals surface area contributed by atoms with Crippen molar-refractivity contribution in [2.45, 2.75) is 38.1 Å². The van der Waals surface area contributed by atoms with E-state index in [2.05, 4.69) is 54.0 Å². The number of thiophene rings is 1. The number of aryl methyl sites for hydroxylation is 1. The van der Waals surface area contributed by atoms with Crippen LogP contribution in [0.4, 0.5) is 0 Å². The van der Waals surface area contributed by atoms with Crippen LogP contribution in [0, 0.1) is 0 Å². The number of nitrogens with one attached hydrogen (secondary N) is 1. The first-order valence-corrected chi connectivity index (χ1v) is 8.10. The predicted octanol–water partition coefficient (Wildman–Crippen LogP) is 4.00. The van der Waals surface area contributed by atoms with E-state index < -0.39 is 0 Å². The second kappa shape index (κ2) is 5.89. The number of fused-ring (bicyclic) bond motifs is 1. The molecule has 1 nitrogen and oxygen atoms in total. The summed E-state index contributed by atoms with van der Waals surface area (Å²) >= 11 is 1.88. The summed E-state index contributed by atoms with van der Waals surface area (Å²) in [5.74, 6) is 0.679. The van der Waals surface area contributed by atoms with Crippen molar-refractivity contribution < 1.29 is 0 Å². The fourth-order valence-corrected chi connectivity index (χ4v) is 4.04. The molecule has 1 N–H and O–H groups in total. The van der Waals surface area contributed by atoms with Crippen LogP contribution in [0.5, 0.6) is 0 Å². The molecule has 0 radical (unpaired) electrons. The lowest BCUT2D eigenvalue weighted by Gasteiger charge is -2.25. The monoisotopic (exact) mass is 271 g/mol. The quantitative estimate of drug-likeness (QED) is 0.866. The van der Waals surface area contributed by atoms with Crippen LogP contribution in [-0.2, 0) is 12.8 Å². The highest BCUT2D eigenvalue weighted by molar-refractivity contribution is 7.09. The molecular formula is C17H21NS. The Bertz CT molecular complexity index is 518. The van der Waals surface area contributed by atoms with Gasteiger partial charge in [0.05, 0.1) is 0 Å². The Balaban J connectivity index is 1.81. The Morgan fingerprint density at radius 1 is 1.26 bits per heavy atom. The minimum Gasteiger partial charge on any atom is -0.313 e. The van der Waals surface area contributed by atoms with Crippen LogP contribution in [-0.4, -0.2) is 12.6 Å². The van der Waals surface area contributed by atoms with Gasteiger partial charge in [0.1, 0.15) is 0 Å². The van der Waals surface area contributed by atoms with Crippen molar-refractivity contribution >= 4 is 11.3 Å². The summed E-state index contributed by atoms with van der Waals surface area (Å²) in [4.78, 5) is 1.50. The van der Waals surface area contributed by atoms with Gasteiger partial charge in [0.15, 0.2) is 0 Å². The molecule has 0 saturated carbocycles. The molecule has 1 heterocycles. The van der Waals surface area contributed by atoms with E-state index in [1.807, 2.05) is 11.3 Å². The molecular weight excluding hydrogens is 250 g/mol. The first-order chi connectivity index (χ1) is 9.38. The molecule has 0 bridgehead atoms. The second-order valence-electron chi connectivity index (χ2n) is 5.29. The first-order valence-electron chi connectivity index (χ1n) is 7.22. The molecule has 1 aliphatic carbocycles. The highest BCUT2D eigenvalue weighted by Gasteiger charge is 2.29. The van der Waals surface area contributed by atoms with E-state index in [1.165, 1.54) is 17.7 Å². The maximum Gasteiger partial charge on any atom is 0.0184 e. The molecule has 0 aliphatic heterocycles. The summed E-state index contributed by atoms with van der Waals surface area (Å²) in [7, 11) is 0. The predicted molar refractivity (Wildman–Crippen MR) is 83.0 cm³/mol. The van der Waals surface area contributed by atoms with Gasteiger partial charge in [-0.15, -0.1) is 11.3 Å². The van der Waals surface area contributed by atoms with Gasteiger partial charge in [-0.2, -0.15) is 0 Å². The first kappa shape index (κ1) is 12.9.